The molecule has 6 heteroatoms. The molecule has 0 saturated heterocycles. The maximum absolute atomic E-state index is 9.11. The number of imidazole rings is 1. The number of rotatable bonds is 6. The number of nitrogens with zero attached hydrogens (tertiary/aromatic N) is 3. The lowest BCUT2D eigenvalue weighted by atomic mass is 10.00. The molecule has 0 fully saturated rings. The summed E-state index contributed by atoms with van der Waals surface area (Å²) in [5.74, 6) is 0. The second-order valence-electron chi connectivity index (χ2n) is 7.17. The maximum atomic E-state index is 9.11. The van der Waals surface area contributed by atoms with E-state index in [0.29, 0.717) is 22.2 Å². The van der Waals surface area contributed by atoms with Crippen LogP contribution in [0.4, 0.5) is 0 Å². The molecular formula is C25H19Cl2N3O. The molecule has 0 N–H and O–H groups in total. The van der Waals surface area contributed by atoms with Gasteiger partial charge < -0.3 is 9.30 Å². The Morgan fingerprint density at radius 1 is 1.03 bits per heavy atom. The van der Waals surface area contributed by atoms with Gasteiger partial charge in [0, 0.05) is 17.1 Å². The lowest BCUT2D eigenvalue weighted by Gasteiger charge is -2.20. The Kier molecular flexibility index (Phi) is 6.39. The topological polar surface area (TPSA) is 50.8 Å². The van der Waals surface area contributed by atoms with Crippen LogP contribution >= 0.6 is 23.2 Å². The fourth-order valence-electron chi connectivity index (χ4n) is 3.48. The molecule has 0 amide bonds. The molecule has 4 nitrogen and oxygen atoms in total. The zero-order chi connectivity index (χ0) is 21.8. The predicted molar refractivity (Wildman–Crippen MR) is 123 cm³/mol. The SMILES string of the molecule is Cn1cncc1C(OCc1ccc(Cl)cc1-c1cccc(Cl)c1)c1ccc(C#N)cc1. The number of benzene rings is 3. The van der Waals surface area contributed by atoms with Gasteiger partial charge in [-0.2, -0.15) is 5.26 Å². The minimum Gasteiger partial charge on any atom is -0.362 e. The first-order valence-corrected chi connectivity index (χ1v) is 10.4. The molecule has 0 bridgehead atoms. The minimum absolute atomic E-state index is 0.344. The summed E-state index contributed by atoms with van der Waals surface area (Å²) in [7, 11) is 1.93. The Morgan fingerprint density at radius 3 is 2.48 bits per heavy atom. The minimum atomic E-state index is -0.344. The molecule has 0 saturated carbocycles. The number of aromatic nitrogens is 2. The molecular weight excluding hydrogens is 429 g/mol. The standard InChI is InChI=1S/C25H19Cl2N3O/c1-30-16-29-14-24(30)25(18-7-5-17(13-28)6-8-18)31-15-20-9-10-22(27)12-23(20)19-3-2-4-21(26)11-19/h2-12,14,16,25H,15H2,1H3. The summed E-state index contributed by atoms with van der Waals surface area (Å²) in [6.07, 6.45) is 3.20. The highest BCUT2D eigenvalue weighted by Crippen LogP contribution is 2.32. The van der Waals surface area contributed by atoms with Crippen molar-refractivity contribution in [1.29, 1.82) is 5.26 Å². The quantitative estimate of drug-likeness (QED) is 0.335. The lowest BCUT2D eigenvalue weighted by Crippen LogP contribution is -2.11. The van der Waals surface area contributed by atoms with Crippen molar-refractivity contribution in [1.82, 2.24) is 9.55 Å². The smallest absolute Gasteiger partial charge is 0.124 e. The lowest BCUT2D eigenvalue weighted by molar-refractivity contribution is 0.0624. The van der Waals surface area contributed by atoms with E-state index in [1.54, 1.807) is 24.7 Å². The molecule has 154 valence electrons. The monoisotopic (exact) mass is 447 g/mol. The van der Waals surface area contributed by atoms with Crippen LogP contribution in [0, 0.1) is 11.3 Å². The number of halogens is 2. The molecule has 1 aromatic heterocycles. The van der Waals surface area contributed by atoms with Gasteiger partial charge in [0.15, 0.2) is 0 Å². The van der Waals surface area contributed by atoms with E-state index in [9.17, 15) is 0 Å². The van der Waals surface area contributed by atoms with Gasteiger partial charge in [0.2, 0.25) is 0 Å². The van der Waals surface area contributed by atoms with Crippen LogP contribution in [0.3, 0.4) is 0 Å². The van der Waals surface area contributed by atoms with Gasteiger partial charge in [-0.25, -0.2) is 4.98 Å². The van der Waals surface area contributed by atoms with E-state index < -0.39 is 0 Å². The summed E-state index contributed by atoms with van der Waals surface area (Å²) in [4.78, 5) is 4.24. The number of aryl methyl sites for hydroxylation is 1. The fraction of sp³-hybridized carbons (Fsp3) is 0.120. The third-order valence-corrected chi connectivity index (χ3v) is 5.55. The van der Waals surface area contributed by atoms with E-state index in [-0.39, 0.29) is 6.10 Å². The molecule has 0 aliphatic rings. The molecule has 1 heterocycles. The van der Waals surface area contributed by atoms with E-state index in [0.717, 1.165) is 27.9 Å². The highest BCUT2D eigenvalue weighted by Gasteiger charge is 2.19. The fourth-order valence-corrected chi connectivity index (χ4v) is 3.84. The van der Waals surface area contributed by atoms with Crippen molar-refractivity contribution < 1.29 is 4.74 Å². The van der Waals surface area contributed by atoms with Crippen molar-refractivity contribution in [2.75, 3.05) is 0 Å². The van der Waals surface area contributed by atoms with E-state index in [4.69, 9.17) is 33.2 Å². The Bertz CT molecular complexity index is 1240. The number of hydrogen-bond donors (Lipinski definition) is 0. The van der Waals surface area contributed by atoms with Crippen LogP contribution in [0.2, 0.25) is 10.0 Å². The van der Waals surface area contributed by atoms with Crippen molar-refractivity contribution in [3.8, 4) is 17.2 Å². The third-order valence-electron chi connectivity index (χ3n) is 5.08. The molecule has 1 atom stereocenters. The largest absolute Gasteiger partial charge is 0.362 e. The summed E-state index contributed by atoms with van der Waals surface area (Å²) >= 11 is 12.5. The third kappa shape index (κ3) is 4.81. The molecule has 1 unspecified atom stereocenters. The van der Waals surface area contributed by atoms with Gasteiger partial charge in [-0.15, -0.1) is 0 Å². The molecule has 3 aromatic carbocycles. The number of ether oxygens (including phenoxy) is 1. The second kappa shape index (κ2) is 9.36. The van der Waals surface area contributed by atoms with Gasteiger partial charge in [-0.1, -0.05) is 53.5 Å². The van der Waals surface area contributed by atoms with Crippen LogP contribution in [-0.4, -0.2) is 9.55 Å². The Labute approximate surface area is 191 Å². The van der Waals surface area contributed by atoms with Gasteiger partial charge in [0.25, 0.3) is 0 Å². The van der Waals surface area contributed by atoms with Crippen molar-refractivity contribution >= 4 is 23.2 Å². The Balaban J connectivity index is 1.68. The molecule has 31 heavy (non-hydrogen) atoms. The Morgan fingerprint density at radius 2 is 1.81 bits per heavy atom. The van der Waals surface area contributed by atoms with Gasteiger partial charge in [-0.05, 0) is 58.7 Å². The highest BCUT2D eigenvalue weighted by atomic mass is 35.5. The molecule has 4 aromatic rings. The van der Waals surface area contributed by atoms with Gasteiger partial charge in [0.05, 0.1) is 36.5 Å². The molecule has 0 spiro atoms. The van der Waals surface area contributed by atoms with Crippen molar-refractivity contribution in [3.63, 3.8) is 0 Å². The summed E-state index contributed by atoms with van der Waals surface area (Å²) in [5.41, 5.74) is 5.41. The first-order chi connectivity index (χ1) is 15.0. The first kappa shape index (κ1) is 21.1. The van der Waals surface area contributed by atoms with Crippen LogP contribution < -0.4 is 0 Å². The summed E-state index contributed by atoms with van der Waals surface area (Å²) in [5, 5.41) is 10.4. The van der Waals surface area contributed by atoms with Crippen molar-refractivity contribution in [3.05, 3.63) is 112 Å². The van der Waals surface area contributed by atoms with Crippen molar-refractivity contribution in [2.45, 2.75) is 12.7 Å². The second-order valence-corrected chi connectivity index (χ2v) is 8.04. The summed E-state index contributed by atoms with van der Waals surface area (Å²) < 4.78 is 8.36. The highest BCUT2D eigenvalue weighted by molar-refractivity contribution is 6.31. The van der Waals surface area contributed by atoms with E-state index >= 15 is 0 Å². The summed E-state index contributed by atoms with van der Waals surface area (Å²) in [6, 6.07) is 23.0. The summed E-state index contributed by atoms with van der Waals surface area (Å²) in [6.45, 7) is 0.356. The van der Waals surface area contributed by atoms with E-state index in [2.05, 4.69) is 11.1 Å². The van der Waals surface area contributed by atoms with E-state index in [1.165, 1.54) is 0 Å². The number of hydrogen-bond acceptors (Lipinski definition) is 3. The van der Waals surface area contributed by atoms with Crippen molar-refractivity contribution in [2.24, 2.45) is 7.05 Å². The van der Waals surface area contributed by atoms with Crippen LogP contribution in [-0.2, 0) is 18.4 Å². The van der Waals surface area contributed by atoms with Crippen LogP contribution in [0.25, 0.3) is 11.1 Å². The zero-order valence-electron chi connectivity index (χ0n) is 16.8. The number of nitriles is 1. The van der Waals surface area contributed by atoms with Gasteiger partial charge in [-0.3, -0.25) is 0 Å². The predicted octanol–water partition coefficient (Wildman–Crippen LogP) is 6.57. The zero-order valence-corrected chi connectivity index (χ0v) is 18.3. The van der Waals surface area contributed by atoms with Crippen LogP contribution in [0.1, 0.15) is 28.5 Å². The molecule has 0 radical (unpaired) electrons. The molecule has 0 aliphatic heterocycles. The molecule has 4 rings (SSSR count). The van der Waals surface area contributed by atoms with Gasteiger partial charge in [0.1, 0.15) is 6.10 Å². The van der Waals surface area contributed by atoms with Crippen LogP contribution in [0.5, 0.6) is 0 Å². The average molecular weight is 448 g/mol. The molecule has 0 aliphatic carbocycles. The van der Waals surface area contributed by atoms with Gasteiger partial charge >= 0.3 is 0 Å². The van der Waals surface area contributed by atoms with E-state index in [1.807, 2.05) is 66.2 Å². The first-order valence-electron chi connectivity index (χ1n) is 9.67. The normalized spacial score (nSPS) is 11.8. The Hall–Kier alpha value is -3.10. The van der Waals surface area contributed by atoms with Crippen LogP contribution in [0.15, 0.2) is 79.3 Å². The maximum Gasteiger partial charge on any atom is 0.124 e. The average Bonchev–Trinajstić information content (AvgIpc) is 3.21.